The monoisotopic (exact) mass is 426 g/mol. The molecule has 4 saturated heterocycles. The summed E-state index contributed by atoms with van der Waals surface area (Å²) in [5, 5.41) is 0. The third-order valence-electron chi connectivity index (χ3n) is 7.22. The number of thioether (sulfide) groups is 1. The second kappa shape index (κ2) is 6.73. The van der Waals surface area contributed by atoms with Gasteiger partial charge in [-0.15, -0.1) is 11.8 Å². The van der Waals surface area contributed by atoms with Gasteiger partial charge in [0.15, 0.2) is 12.3 Å². The van der Waals surface area contributed by atoms with Crippen LogP contribution in [0.25, 0.3) is 0 Å². The molecule has 1 aliphatic carbocycles. The first-order chi connectivity index (χ1) is 13.8. The van der Waals surface area contributed by atoms with Crippen molar-refractivity contribution in [3.63, 3.8) is 0 Å². The highest BCUT2D eigenvalue weighted by Gasteiger charge is 2.73. The smallest absolute Gasteiger partial charge is 0.413 e. The first kappa shape index (κ1) is 19.9. The van der Waals surface area contributed by atoms with E-state index in [4.69, 9.17) is 18.9 Å². The Morgan fingerprint density at radius 3 is 2.55 bits per heavy atom. The number of carbonyl (C=O) groups is 2. The standard InChI is InChI=1S/C20H30N2O6S/c1-19(2)15-12(16(23)22(15)20(29-19)8-6-5-7-9-20)21-17-14(28-18(21)24)13(26-4)11(27-17)10-25-3/h11-15,17H,5-10H2,1-4H3/t11-,12?,13+,14-,15?,17+/m1/s1. The zero-order valence-electron chi connectivity index (χ0n) is 17.5. The van der Waals surface area contributed by atoms with E-state index < -0.39 is 30.6 Å². The van der Waals surface area contributed by atoms with Crippen LogP contribution in [0.15, 0.2) is 0 Å². The average molecular weight is 427 g/mol. The summed E-state index contributed by atoms with van der Waals surface area (Å²) in [6.45, 7) is 4.73. The molecule has 5 rings (SSSR count). The summed E-state index contributed by atoms with van der Waals surface area (Å²) in [6, 6.07) is -0.574. The summed E-state index contributed by atoms with van der Waals surface area (Å²) in [5.74, 6) is 0.0281. The van der Waals surface area contributed by atoms with Crippen LogP contribution in [0, 0.1) is 0 Å². The van der Waals surface area contributed by atoms with Crippen molar-refractivity contribution >= 4 is 23.8 Å². The van der Waals surface area contributed by atoms with Gasteiger partial charge in [-0.3, -0.25) is 9.69 Å². The number of rotatable bonds is 4. The quantitative estimate of drug-likeness (QED) is 0.636. The lowest BCUT2D eigenvalue weighted by atomic mass is 9.80. The Balaban J connectivity index is 1.43. The van der Waals surface area contributed by atoms with Crippen LogP contribution in [0.3, 0.4) is 0 Å². The van der Waals surface area contributed by atoms with Gasteiger partial charge in [-0.05, 0) is 26.7 Å². The fourth-order valence-corrected chi connectivity index (χ4v) is 8.26. The van der Waals surface area contributed by atoms with Gasteiger partial charge in [0.25, 0.3) is 0 Å². The lowest BCUT2D eigenvalue weighted by Gasteiger charge is -2.55. The van der Waals surface area contributed by atoms with E-state index in [9.17, 15) is 9.59 Å². The molecule has 5 aliphatic rings. The molecule has 0 aromatic carbocycles. The van der Waals surface area contributed by atoms with Crippen LogP contribution in [0.2, 0.25) is 0 Å². The molecule has 0 bridgehead atoms. The molecule has 4 heterocycles. The molecule has 1 spiro atoms. The molecule has 6 atom stereocenters. The van der Waals surface area contributed by atoms with Crippen molar-refractivity contribution in [1.82, 2.24) is 9.80 Å². The SMILES string of the molecule is COC[C@H]1O[C@H]2[C@H](OC(=O)N2C2C(=O)N3C2C(C)(C)SC32CCCCC2)[C@H]1OC. The first-order valence-electron chi connectivity index (χ1n) is 10.5. The minimum Gasteiger partial charge on any atom is -0.438 e. The fraction of sp³-hybridized carbons (Fsp3) is 0.900. The van der Waals surface area contributed by atoms with Gasteiger partial charge in [0.05, 0.1) is 17.5 Å². The average Bonchev–Trinajstić information content (AvgIpc) is 3.21. The largest absolute Gasteiger partial charge is 0.438 e. The topological polar surface area (TPSA) is 77.5 Å². The van der Waals surface area contributed by atoms with E-state index >= 15 is 0 Å². The Morgan fingerprint density at radius 2 is 1.90 bits per heavy atom. The second-order valence-corrected chi connectivity index (χ2v) is 11.3. The van der Waals surface area contributed by atoms with Crippen LogP contribution in [0.1, 0.15) is 46.0 Å². The molecule has 4 aliphatic heterocycles. The lowest BCUT2D eigenvalue weighted by Crippen LogP contribution is -2.76. The van der Waals surface area contributed by atoms with Gasteiger partial charge in [0.1, 0.15) is 18.2 Å². The maximum atomic E-state index is 13.4. The minimum atomic E-state index is -0.618. The summed E-state index contributed by atoms with van der Waals surface area (Å²) in [5.41, 5.74) is 0. The number of carbonyl (C=O) groups excluding carboxylic acids is 2. The number of methoxy groups -OCH3 is 2. The molecular weight excluding hydrogens is 396 g/mol. The molecule has 8 nitrogen and oxygen atoms in total. The number of ether oxygens (including phenoxy) is 4. The molecule has 0 N–H and O–H groups in total. The van der Waals surface area contributed by atoms with Crippen molar-refractivity contribution in [3.8, 4) is 0 Å². The van der Waals surface area contributed by atoms with Gasteiger partial charge in [-0.25, -0.2) is 4.79 Å². The molecule has 162 valence electrons. The molecule has 29 heavy (non-hydrogen) atoms. The molecule has 0 radical (unpaired) electrons. The van der Waals surface area contributed by atoms with E-state index in [0.717, 1.165) is 25.7 Å². The molecule has 2 amide bonds. The Hall–Kier alpha value is -1.03. The Kier molecular flexibility index (Phi) is 4.62. The first-order valence-corrected chi connectivity index (χ1v) is 11.4. The van der Waals surface area contributed by atoms with Crippen molar-refractivity contribution in [1.29, 1.82) is 0 Å². The van der Waals surface area contributed by atoms with Crippen LogP contribution in [0.4, 0.5) is 4.79 Å². The molecule has 5 fully saturated rings. The highest BCUT2D eigenvalue weighted by atomic mass is 32.2. The molecular formula is C20H30N2O6S. The minimum absolute atomic E-state index is 0.0281. The summed E-state index contributed by atoms with van der Waals surface area (Å²) < 4.78 is 22.4. The van der Waals surface area contributed by atoms with Crippen molar-refractivity contribution in [2.45, 2.75) is 92.2 Å². The number of nitrogens with zero attached hydrogens (tertiary/aromatic N) is 2. The van der Waals surface area contributed by atoms with Gasteiger partial charge in [0, 0.05) is 19.0 Å². The zero-order chi connectivity index (χ0) is 20.6. The highest BCUT2D eigenvalue weighted by molar-refractivity contribution is 8.02. The van der Waals surface area contributed by atoms with Gasteiger partial charge in [0.2, 0.25) is 5.91 Å². The maximum Gasteiger partial charge on any atom is 0.413 e. The zero-order valence-corrected chi connectivity index (χ0v) is 18.3. The van der Waals surface area contributed by atoms with E-state index in [1.807, 2.05) is 11.8 Å². The van der Waals surface area contributed by atoms with Crippen molar-refractivity contribution in [2.75, 3.05) is 20.8 Å². The summed E-state index contributed by atoms with van der Waals surface area (Å²) >= 11 is 1.92. The van der Waals surface area contributed by atoms with Crippen LogP contribution >= 0.6 is 11.8 Å². The number of amides is 2. The van der Waals surface area contributed by atoms with Crippen LogP contribution in [0.5, 0.6) is 0 Å². The molecule has 1 saturated carbocycles. The third-order valence-corrected chi connectivity index (χ3v) is 8.97. The molecule has 9 heteroatoms. The fourth-order valence-electron chi connectivity index (χ4n) is 6.13. The highest BCUT2D eigenvalue weighted by Crippen LogP contribution is 2.62. The van der Waals surface area contributed by atoms with Crippen molar-refractivity contribution in [2.24, 2.45) is 0 Å². The van der Waals surface area contributed by atoms with Crippen LogP contribution in [-0.2, 0) is 23.7 Å². The van der Waals surface area contributed by atoms with Gasteiger partial charge < -0.3 is 23.8 Å². The predicted molar refractivity (Wildman–Crippen MR) is 105 cm³/mol. The summed E-state index contributed by atoms with van der Waals surface area (Å²) in [4.78, 5) is 29.8. The van der Waals surface area contributed by atoms with E-state index in [0.29, 0.717) is 6.61 Å². The summed E-state index contributed by atoms with van der Waals surface area (Å²) in [7, 11) is 3.18. The van der Waals surface area contributed by atoms with Gasteiger partial charge in [-0.2, -0.15) is 0 Å². The van der Waals surface area contributed by atoms with Crippen molar-refractivity contribution in [3.05, 3.63) is 0 Å². The maximum absolute atomic E-state index is 13.4. The van der Waals surface area contributed by atoms with Gasteiger partial charge >= 0.3 is 6.09 Å². The van der Waals surface area contributed by atoms with Crippen LogP contribution < -0.4 is 0 Å². The number of fused-ring (bicyclic) bond motifs is 3. The molecule has 0 aromatic rings. The number of β-lactam (4-membered cyclic amide) rings is 1. The van der Waals surface area contributed by atoms with E-state index in [1.54, 1.807) is 19.1 Å². The third kappa shape index (κ3) is 2.63. The molecule has 0 aromatic heterocycles. The van der Waals surface area contributed by atoms with E-state index in [-0.39, 0.29) is 27.7 Å². The molecule has 2 unspecified atom stereocenters. The normalized spacial score (nSPS) is 42.1. The Bertz CT molecular complexity index is 711. The Morgan fingerprint density at radius 1 is 1.17 bits per heavy atom. The number of hydrogen-bond donors (Lipinski definition) is 0. The van der Waals surface area contributed by atoms with Crippen LogP contribution in [-0.4, -0.2) is 88.9 Å². The van der Waals surface area contributed by atoms with Crippen molar-refractivity contribution < 1.29 is 28.5 Å². The van der Waals surface area contributed by atoms with Gasteiger partial charge in [-0.1, -0.05) is 19.3 Å². The van der Waals surface area contributed by atoms with E-state index in [2.05, 4.69) is 18.7 Å². The lowest BCUT2D eigenvalue weighted by molar-refractivity contribution is -0.173. The second-order valence-electron chi connectivity index (χ2n) is 9.29. The summed E-state index contributed by atoms with van der Waals surface area (Å²) in [6.07, 6.45) is 3.21. The predicted octanol–water partition coefficient (Wildman–Crippen LogP) is 1.96. The van der Waals surface area contributed by atoms with E-state index in [1.165, 1.54) is 6.42 Å². The number of hydrogen-bond acceptors (Lipinski definition) is 7. The Labute approximate surface area is 175 Å².